The van der Waals surface area contributed by atoms with Gasteiger partial charge < -0.3 is 0 Å². The molecule has 2 aliphatic heterocycles. The van der Waals surface area contributed by atoms with Gasteiger partial charge in [-0.3, -0.25) is 18.9 Å². The topological polar surface area (TPSA) is 119 Å². The van der Waals surface area contributed by atoms with Crippen molar-refractivity contribution in [3.05, 3.63) is 388 Å². The third kappa shape index (κ3) is 11.9. The fourth-order valence-corrected chi connectivity index (χ4v) is 15.2. The molecule has 2 aliphatic rings. The maximum absolute atomic E-state index is 5.33. The summed E-state index contributed by atoms with van der Waals surface area (Å²) in [6, 6.07) is 134. The Hall–Kier alpha value is -15.1. The molecule has 110 heavy (non-hydrogen) atoms. The summed E-state index contributed by atoms with van der Waals surface area (Å²) >= 11 is 0. The van der Waals surface area contributed by atoms with Crippen LogP contribution in [-0.4, -0.2) is 49.0 Å². The molecule has 0 bridgehead atoms. The Morgan fingerprint density at radius 1 is 0.164 bits per heavy atom. The van der Waals surface area contributed by atoms with Crippen LogP contribution in [0.1, 0.15) is 0 Å². The lowest BCUT2D eigenvalue weighted by Gasteiger charge is -2.25. The van der Waals surface area contributed by atoms with Crippen molar-refractivity contribution in [1.29, 1.82) is 0 Å². The molecule has 19 aromatic rings. The van der Waals surface area contributed by atoms with Crippen molar-refractivity contribution in [1.82, 2.24) is 49.0 Å². The average Bonchev–Trinajstić information content (AvgIpc) is 1.57. The first kappa shape index (κ1) is 64.5. The Labute approximate surface area is 635 Å². The van der Waals surface area contributed by atoms with Crippen molar-refractivity contribution >= 4 is 56.7 Å². The highest BCUT2D eigenvalue weighted by Gasteiger charge is 2.32. The predicted octanol–water partition coefficient (Wildman–Crippen LogP) is 24.3. The third-order valence-electron chi connectivity index (χ3n) is 20.3. The van der Waals surface area contributed by atoms with E-state index >= 15 is 0 Å². The predicted molar refractivity (Wildman–Crippen MR) is 445 cm³/mol. The molecule has 0 saturated heterocycles. The standard InChI is InChI=1S/C52H34N6.C46H30N6/c1-4-17-35(18-5-1)39-31-40(33-41(32-39)51-55-49(36-19-6-2-7-20-36)54-50(56-51)37-21-8-3-9-22-37)38-23-16-24-42(34-38)57-46-28-13-10-25-43(46)44-26-11-14-29-47(44)58-48-30-15-12-27-45(48)53-52(57)58;1-4-16-31(17-5-1)34-28-35(45-49-43(32-18-6-2-7-19-32)48-44(50-45)33-20-8-3-9-21-33)30-36(29-34)51-40-25-13-10-22-37(40)38-23-11-14-26-41(38)52-42-27-15-12-24-39(42)47-46(51)52/h1-34H;1-30H. The SMILES string of the molecule is c1ccc(-c2cc(-c3cccc(N4c5ccccc5-c5ccccc5-n5c4nc4ccccc45)c3)cc(-c3nc(-c4ccccc4)nc(-c4ccccc4)n3)c2)cc1.c1ccc(-c2cc(-c3nc(-c4ccccc4)nc(-c4ccccc4)n3)cc(N3c4ccccc4-c4ccccc4-n4c3nc3ccccc34)c2)cc1. The summed E-state index contributed by atoms with van der Waals surface area (Å²) in [4.78, 5) is 45.7. The normalized spacial score (nSPS) is 11.8. The third-order valence-corrected chi connectivity index (χ3v) is 20.3. The van der Waals surface area contributed by atoms with Crippen LogP contribution in [-0.2, 0) is 0 Å². The first-order valence-electron chi connectivity index (χ1n) is 36.7. The van der Waals surface area contributed by atoms with Crippen LogP contribution in [0.15, 0.2) is 388 Å². The number of rotatable bonds is 11. The van der Waals surface area contributed by atoms with Crippen molar-refractivity contribution in [3.8, 4) is 135 Å². The Bertz CT molecular complexity index is 6550. The van der Waals surface area contributed by atoms with Gasteiger partial charge in [-0.15, -0.1) is 0 Å². The number of aromatic nitrogens is 10. The second-order valence-electron chi connectivity index (χ2n) is 27.1. The van der Waals surface area contributed by atoms with E-state index < -0.39 is 0 Å². The second kappa shape index (κ2) is 27.7. The molecule has 0 unspecified atom stereocenters. The molecule has 6 heterocycles. The lowest BCUT2D eigenvalue weighted by molar-refractivity contribution is 1.05. The van der Waals surface area contributed by atoms with Crippen molar-refractivity contribution in [2.24, 2.45) is 0 Å². The lowest BCUT2D eigenvalue weighted by Crippen LogP contribution is -2.14. The maximum atomic E-state index is 5.33. The quantitative estimate of drug-likeness (QED) is 0.124. The number of hydrogen-bond donors (Lipinski definition) is 0. The number of benzene rings is 15. The van der Waals surface area contributed by atoms with Crippen molar-refractivity contribution in [3.63, 3.8) is 0 Å². The minimum Gasteiger partial charge on any atom is -0.280 e. The molecule has 0 spiro atoms. The molecular formula is C98H64N12. The summed E-state index contributed by atoms with van der Waals surface area (Å²) in [6.45, 7) is 0. The summed E-state index contributed by atoms with van der Waals surface area (Å²) in [7, 11) is 0. The zero-order chi connectivity index (χ0) is 72.9. The number of para-hydroxylation sites is 8. The van der Waals surface area contributed by atoms with E-state index in [9.17, 15) is 0 Å². The van der Waals surface area contributed by atoms with E-state index in [0.717, 1.165) is 157 Å². The molecule has 0 fully saturated rings. The van der Waals surface area contributed by atoms with Crippen LogP contribution in [0, 0.1) is 0 Å². The molecule has 12 nitrogen and oxygen atoms in total. The van der Waals surface area contributed by atoms with Crippen LogP contribution in [0.4, 0.5) is 34.6 Å². The summed E-state index contributed by atoms with van der Waals surface area (Å²) in [5, 5.41) is 0. The van der Waals surface area contributed by atoms with Crippen molar-refractivity contribution in [2.45, 2.75) is 0 Å². The fourth-order valence-electron chi connectivity index (χ4n) is 15.2. The highest BCUT2D eigenvalue weighted by molar-refractivity contribution is 6.00. The van der Waals surface area contributed by atoms with E-state index in [4.69, 9.17) is 39.9 Å². The molecule has 15 aromatic carbocycles. The van der Waals surface area contributed by atoms with Gasteiger partial charge in [-0.25, -0.2) is 39.9 Å². The molecule has 12 heteroatoms. The summed E-state index contributed by atoms with van der Waals surface area (Å²) in [6.07, 6.45) is 0. The summed E-state index contributed by atoms with van der Waals surface area (Å²) in [5.41, 5.74) is 26.6. The fraction of sp³-hybridized carbons (Fsp3) is 0. The Morgan fingerprint density at radius 2 is 0.427 bits per heavy atom. The Morgan fingerprint density at radius 3 is 0.836 bits per heavy atom. The maximum Gasteiger partial charge on any atom is 0.220 e. The number of anilines is 6. The largest absolute Gasteiger partial charge is 0.280 e. The van der Waals surface area contributed by atoms with Gasteiger partial charge in [0.2, 0.25) is 11.9 Å². The Kier molecular flexibility index (Phi) is 16.2. The van der Waals surface area contributed by atoms with Crippen LogP contribution in [0.3, 0.4) is 0 Å². The van der Waals surface area contributed by atoms with Crippen LogP contribution in [0.25, 0.3) is 157 Å². The zero-order valence-electron chi connectivity index (χ0n) is 59.3. The first-order valence-corrected chi connectivity index (χ1v) is 36.7. The van der Waals surface area contributed by atoms with Gasteiger partial charge in [-0.1, -0.05) is 291 Å². The molecule has 21 rings (SSSR count). The van der Waals surface area contributed by atoms with Crippen LogP contribution >= 0.6 is 0 Å². The number of fused-ring (bicyclic) bond motifs is 14. The zero-order valence-corrected chi connectivity index (χ0v) is 59.3. The second-order valence-corrected chi connectivity index (χ2v) is 27.1. The summed E-state index contributed by atoms with van der Waals surface area (Å²) < 4.78 is 4.57. The van der Waals surface area contributed by atoms with E-state index in [1.54, 1.807) is 0 Å². The van der Waals surface area contributed by atoms with Crippen molar-refractivity contribution in [2.75, 3.05) is 9.80 Å². The van der Waals surface area contributed by atoms with E-state index in [1.165, 1.54) is 0 Å². The first-order chi connectivity index (χ1) is 54.5. The molecule has 0 N–H and O–H groups in total. The van der Waals surface area contributed by atoms with Gasteiger partial charge in [0.05, 0.1) is 50.5 Å². The van der Waals surface area contributed by atoms with Gasteiger partial charge in [0, 0.05) is 61.3 Å². The molecule has 0 atom stereocenters. The minimum atomic E-state index is 0.589. The molecule has 0 amide bonds. The minimum absolute atomic E-state index is 0.589. The molecule has 0 saturated carbocycles. The number of nitrogens with zero attached hydrogens (tertiary/aromatic N) is 12. The highest BCUT2D eigenvalue weighted by atomic mass is 15.3. The molecule has 0 aliphatic carbocycles. The smallest absolute Gasteiger partial charge is 0.220 e. The number of imidazole rings is 2. The van der Waals surface area contributed by atoms with Gasteiger partial charge in [0.25, 0.3) is 0 Å². The molecule has 0 radical (unpaired) electrons. The van der Waals surface area contributed by atoms with Crippen LogP contribution < -0.4 is 9.80 Å². The highest BCUT2D eigenvalue weighted by Crippen LogP contribution is 2.51. The van der Waals surface area contributed by atoms with E-state index in [-0.39, 0.29) is 0 Å². The van der Waals surface area contributed by atoms with Gasteiger partial charge in [0.15, 0.2) is 34.9 Å². The van der Waals surface area contributed by atoms with E-state index in [0.29, 0.717) is 34.9 Å². The lowest BCUT2D eigenvalue weighted by atomic mass is 9.95. The van der Waals surface area contributed by atoms with Gasteiger partial charge in [0.1, 0.15) is 0 Å². The van der Waals surface area contributed by atoms with E-state index in [1.807, 2.05) is 140 Å². The Balaban J connectivity index is 0.000000145. The summed E-state index contributed by atoms with van der Waals surface area (Å²) in [5.74, 6) is 5.33. The van der Waals surface area contributed by atoms with E-state index in [2.05, 4.69) is 268 Å². The van der Waals surface area contributed by atoms with Gasteiger partial charge in [-0.2, -0.15) is 0 Å². The molecule has 4 aromatic heterocycles. The molecular weight excluding hydrogens is 1350 g/mol. The van der Waals surface area contributed by atoms with Crippen molar-refractivity contribution < 1.29 is 0 Å². The average molecular weight is 1410 g/mol. The van der Waals surface area contributed by atoms with Gasteiger partial charge >= 0.3 is 0 Å². The molecule has 516 valence electrons. The van der Waals surface area contributed by atoms with Crippen LogP contribution in [0.2, 0.25) is 0 Å². The number of hydrogen-bond acceptors (Lipinski definition) is 10. The van der Waals surface area contributed by atoms with Crippen LogP contribution in [0.5, 0.6) is 0 Å². The van der Waals surface area contributed by atoms with Gasteiger partial charge in [-0.05, 0) is 130 Å². The monoisotopic (exact) mass is 1410 g/mol.